The standard InChI is InChI=1S/C26H24F4N6O2/c1-35-17-7-6-16(23(36-11-9-13(31)12-36)21(17)34-25(35)24(29)30)33-26(37)14-8-10-32-22(20(14)28)19-15(27)4-3-5-18(19)38-2/h3-8,10,13,24H,9,11-12,31H2,1-2H3,(H,33,37)/t13-/m0/s1. The number of halogens is 4. The lowest BCUT2D eigenvalue weighted by Gasteiger charge is -2.23. The number of hydrogen-bond acceptors (Lipinski definition) is 6. The van der Waals surface area contributed by atoms with Gasteiger partial charge in [-0.05, 0) is 36.8 Å². The average Bonchev–Trinajstić information content (AvgIpc) is 3.47. The van der Waals surface area contributed by atoms with Gasteiger partial charge in [0.15, 0.2) is 11.6 Å². The van der Waals surface area contributed by atoms with Crippen LogP contribution in [0, 0.1) is 11.6 Å². The zero-order valence-electron chi connectivity index (χ0n) is 20.5. The van der Waals surface area contributed by atoms with Gasteiger partial charge in [0.05, 0.1) is 35.1 Å². The number of hydrogen-bond donors (Lipinski definition) is 2. The Hall–Kier alpha value is -4.19. The van der Waals surface area contributed by atoms with Gasteiger partial charge in [0, 0.05) is 32.4 Å². The Morgan fingerprint density at radius 3 is 2.68 bits per heavy atom. The molecule has 3 heterocycles. The van der Waals surface area contributed by atoms with Gasteiger partial charge in [0.25, 0.3) is 12.3 Å². The number of aryl methyl sites for hydroxylation is 1. The van der Waals surface area contributed by atoms with E-state index in [1.54, 1.807) is 12.1 Å². The molecule has 4 aromatic rings. The summed E-state index contributed by atoms with van der Waals surface area (Å²) in [5.74, 6) is -3.02. The van der Waals surface area contributed by atoms with Crippen LogP contribution in [0.15, 0.2) is 42.6 Å². The second-order valence-corrected chi connectivity index (χ2v) is 8.95. The van der Waals surface area contributed by atoms with Crippen LogP contribution in [-0.2, 0) is 7.05 Å². The number of anilines is 2. The number of nitrogens with two attached hydrogens (primary N) is 1. The van der Waals surface area contributed by atoms with E-state index in [0.717, 1.165) is 6.07 Å². The number of fused-ring (bicyclic) bond motifs is 1. The SMILES string of the molecule is COc1cccc(F)c1-c1nccc(C(=O)Nc2ccc3c(nc(C(F)F)n3C)c2N2CC[C@H](N)C2)c1F. The van der Waals surface area contributed by atoms with Crippen LogP contribution in [-0.4, -0.2) is 46.7 Å². The minimum Gasteiger partial charge on any atom is -0.496 e. The summed E-state index contributed by atoms with van der Waals surface area (Å²) in [6.45, 7) is 0.938. The van der Waals surface area contributed by atoms with E-state index >= 15 is 4.39 Å². The minimum absolute atomic E-state index is 0.0528. The molecule has 2 aromatic carbocycles. The molecule has 0 saturated carbocycles. The van der Waals surface area contributed by atoms with Gasteiger partial charge in [-0.1, -0.05) is 6.07 Å². The fraction of sp³-hybridized carbons (Fsp3) is 0.269. The molecule has 5 rings (SSSR count). The van der Waals surface area contributed by atoms with E-state index in [0.29, 0.717) is 30.7 Å². The predicted molar refractivity (Wildman–Crippen MR) is 135 cm³/mol. The number of rotatable bonds is 6. The first-order chi connectivity index (χ1) is 18.2. The smallest absolute Gasteiger partial charge is 0.295 e. The van der Waals surface area contributed by atoms with Crippen LogP contribution in [0.5, 0.6) is 5.75 Å². The van der Waals surface area contributed by atoms with Gasteiger partial charge < -0.3 is 25.3 Å². The molecule has 1 amide bonds. The summed E-state index contributed by atoms with van der Waals surface area (Å²) in [6, 6.07) is 8.12. The number of pyridine rings is 1. The van der Waals surface area contributed by atoms with Crippen molar-refractivity contribution in [3.8, 4) is 17.0 Å². The van der Waals surface area contributed by atoms with E-state index in [1.165, 1.54) is 43.1 Å². The molecule has 1 atom stereocenters. The van der Waals surface area contributed by atoms with E-state index in [2.05, 4.69) is 15.3 Å². The van der Waals surface area contributed by atoms with Crippen LogP contribution in [0.2, 0.25) is 0 Å². The number of imidazole rings is 1. The highest BCUT2D eigenvalue weighted by molar-refractivity contribution is 6.09. The maximum absolute atomic E-state index is 15.6. The van der Waals surface area contributed by atoms with E-state index in [9.17, 15) is 18.0 Å². The Morgan fingerprint density at radius 2 is 2.00 bits per heavy atom. The van der Waals surface area contributed by atoms with Crippen LogP contribution in [0.4, 0.5) is 28.9 Å². The number of nitrogens with one attached hydrogen (secondary N) is 1. The lowest BCUT2D eigenvalue weighted by atomic mass is 10.1. The summed E-state index contributed by atoms with van der Waals surface area (Å²) in [4.78, 5) is 23.3. The number of carbonyl (C=O) groups is 1. The van der Waals surface area contributed by atoms with Crippen molar-refractivity contribution in [3.05, 3.63) is 65.6 Å². The van der Waals surface area contributed by atoms with E-state index < -0.39 is 35.4 Å². The molecule has 0 aliphatic carbocycles. The second kappa shape index (κ2) is 9.93. The molecule has 1 aliphatic rings. The molecular weight excluding hydrogens is 504 g/mol. The number of aromatic nitrogens is 3. The minimum atomic E-state index is -2.81. The third kappa shape index (κ3) is 4.30. The molecule has 1 aliphatic heterocycles. The van der Waals surface area contributed by atoms with Crippen LogP contribution in [0.25, 0.3) is 22.3 Å². The molecular formula is C26H24F4N6O2. The number of ether oxygens (including phenoxy) is 1. The molecule has 3 N–H and O–H groups in total. The Kier molecular flexibility index (Phi) is 6.66. The number of methoxy groups -OCH3 is 1. The lowest BCUT2D eigenvalue weighted by molar-refractivity contribution is 0.102. The van der Waals surface area contributed by atoms with Crippen LogP contribution in [0.3, 0.4) is 0 Å². The molecule has 1 saturated heterocycles. The third-order valence-corrected chi connectivity index (χ3v) is 6.61. The molecule has 0 spiro atoms. The summed E-state index contributed by atoms with van der Waals surface area (Å²) < 4.78 is 63.9. The maximum Gasteiger partial charge on any atom is 0.295 e. The Labute approximate surface area is 215 Å². The normalized spacial score (nSPS) is 15.5. The summed E-state index contributed by atoms with van der Waals surface area (Å²) in [5, 5.41) is 2.68. The maximum atomic E-state index is 15.6. The van der Waals surface area contributed by atoms with Crippen molar-refractivity contribution in [2.75, 3.05) is 30.4 Å². The second-order valence-electron chi connectivity index (χ2n) is 8.95. The van der Waals surface area contributed by atoms with Crippen molar-refractivity contribution in [2.24, 2.45) is 12.8 Å². The fourth-order valence-electron chi connectivity index (χ4n) is 4.76. The Balaban J connectivity index is 1.58. The first kappa shape index (κ1) is 25.5. The van der Waals surface area contributed by atoms with Crippen LogP contribution < -0.4 is 20.7 Å². The number of nitrogens with zero attached hydrogens (tertiary/aromatic N) is 4. The molecule has 0 bridgehead atoms. The predicted octanol–water partition coefficient (Wildman–Crippen LogP) is 4.65. The summed E-state index contributed by atoms with van der Waals surface area (Å²) in [5.41, 5.74) is 6.46. The van der Waals surface area contributed by atoms with Gasteiger partial charge in [0.1, 0.15) is 22.8 Å². The topological polar surface area (TPSA) is 98.3 Å². The first-order valence-corrected chi connectivity index (χ1v) is 11.8. The Bertz CT molecular complexity index is 1540. The highest BCUT2D eigenvalue weighted by Gasteiger charge is 2.29. The fourth-order valence-corrected chi connectivity index (χ4v) is 4.76. The van der Waals surface area contributed by atoms with Crippen molar-refractivity contribution < 1.29 is 27.1 Å². The monoisotopic (exact) mass is 528 g/mol. The summed E-state index contributed by atoms with van der Waals surface area (Å²) in [7, 11) is 2.80. The van der Waals surface area contributed by atoms with Gasteiger partial charge in [0.2, 0.25) is 0 Å². The molecule has 198 valence electrons. The molecule has 38 heavy (non-hydrogen) atoms. The highest BCUT2D eigenvalue weighted by atomic mass is 19.3. The van der Waals surface area contributed by atoms with E-state index in [-0.39, 0.29) is 34.3 Å². The van der Waals surface area contributed by atoms with Crippen LogP contribution in [0.1, 0.15) is 29.0 Å². The molecule has 1 fully saturated rings. The molecule has 12 heteroatoms. The summed E-state index contributed by atoms with van der Waals surface area (Å²) in [6.07, 6.45) is -0.958. The number of alkyl halides is 2. The van der Waals surface area contributed by atoms with E-state index in [4.69, 9.17) is 10.5 Å². The average molecular weight is 529 g/mol. The van der Waals surface area contributed by atoms with Gasteiger partial charge in [-0.15, -0.1) is 0 Å². The van der Waals surface area contributed by atoms with Crippen molar-refractivity contribution in [3.63, 3.8) is 0 Å². The van der Waals surface area contributed by atoms with Gasteiger partial charge in [-0.2, -0.15) is 0 Å². The molecule has 0 radical (unpaired) electrons. The van der Waals surface area contributed by atoms with Crippen molar-refractivity contribution in [2.45, 2.75) is 18.9 Å². The zero-order valence-corrected chi connectivity index (χ0v) is 20.5. The largest absolute Gasteiger partial charge is 0.496 e. The first-order valence-electron chi connectivity index (χ1n) is 11.8. The zero-order chi connectivity index (χ0) is 27.1. The van der Waals surface area contributed by atoms with Gasteiger partial charge >= 0.3 is 0 Å². The van der Waals surface area contributed by atoms with Crippen LogP contribution >= 0.6 is 0 Å². The lowest BCUT2D eigenvalue weighted by Crippen LogP contribution is -2.27. The quantitative estimate of drug-likeness (QED) is 0.354. The molecule has 2 aromatic heterocycles. The number of benzene rings is 2. The van der Waals surface area contributed by atoms with Crippen molar-refractivity contribution in [1.82, 2.24) is 14.5 Å². The number of amides is 1. The third-order valence-electron chi connectivity index (χ3n) is 6.61. The van der Waals surface area contributed by atoms with E-state index in [1.807, 2.05) is 4.90 Å². The van der Waals surface area contributed by atoms with Gasteiger partial charge in [-0.3, -0.25) is 9.78 Å². The van der Waals surface area contributed by atoms with Crippen molar-refractivity contribution >= 4 is 28.3 Å². The summed E-state index contributed by atoms with van der Waals surface area (Å²) >= 11 is 0. The molecule has 0 unspecified atom stereocenters. The Morgan fingerprint density at radius 1 is 1.21 bits per heavy atom. The molecule has 8 nitrogen and oxygen atoms in total. The van der Waals surface area contributed by atoms with Gasteiger partial charge in [-0.25, -0.2) is 22.5 Å². The number of carbonyl (C=O) groups excluding carboxylic acids is 1. The van der Waals surface area contributed by atoms with Crippen molar-refractivity contribution in [1.29, 1.82) is 0 Å². The highest BCUT2D eigenvalue weighted by Crippen LogP contribution is 2.38.